The van der Waals surface area contributed by atoms with E-state index >= 15 is 0 Å². The Balaban J connectivity index is 1.57. The molecule has 1 aromatic heterocycles. The lowest BCUT2D eigenvalue weighted by Crippen LogP contribution is -2.40. The van der Waals surface area contributed by atoms with Gasteiger partial charge in [-0.15, -0.1) is 0 Å². The van der Waals surface area contributed by atoms with E-state index in [9.17, 15) is 9.59 Å². The van der Waals surface area contributed by atoms with Crippen molar-refractivity contribution in [1.82, 2.24) is 5.32 Å². The number of benzene rings is 1. The van der Waals surface area contributed by atoms with Crippen LogP contribution < -0.4 is 10.7 Å². The summed E-state index contributed by atoms with van der Waals surface area (Å²) in [5, 5.41) is 12.6. The van der Waals surface area contributed by atoms with Crippen LogP contribution in [0.25, 0.3) is 11.0 Å². The molecule has 7 nitrogen and oxygen atoms in total. The van der Waals surface area contributed by atoms with Crippen LogP contribution in [0.4, 0.5) is 0 Å². The highest BCUT2D eigenvalue weighted by Gasteiger charge is 2.31. The van der Waals surface area contributed by atoms with Gasteiger partial charge in [-0.1, -0.05) is 31.4 Å². The van der Waals surface area contributed by atoms with Gasteiger partial charge in [0.15, 0.2) is 11.2 Å². The topological polar surface area (TPSA) is 98.0 Å². The highest BCUT2D eigenvalue weighted by molar-refractivity contribution is 5.92. The van der Waals surface area contributed by atoms with Crippen molar-refractivity contribution in [2.24, 2.45) is 0 Å². The molecule has 1 fully saturated rings. The minimum atomic E-state index is -0.651. The Bertz CT molecular complexity index is 1010. The number of aliphatic hydroxyl groups is 1. The highest BCUT2D eigenvalue weighted by atomic mass is 16.7. The molecule has 1 saturated carbocycles. The van der Waals surface area contributed by atoms with Gasteiger partial charge >= 0.3 is 0 Å². The van der Waals surface area contributed by atoms with Gasteiger partial charge in [0.05, 0.1) is 18.3 Å². The number of unbranched alkanes of at least 4 members (excludes halogenated alkanes) is 1. The van der Waals surface area contributed by atoms with Gasteiger partial charge in [-0.2, -0.15) is 0 Å². The van der Waals surface area contributed by atoms with E-state index in [4.69, 9.17) is 19.0 Å². The average molecular weight is 442 g/mol. The fourth-order valence-corrected chi connectivity index (χ4v) is 4.42. The molecule has 2 heterocycles. The smallest absolute Gasteiger partial charge is 0.286 e. The Morgan fingerprint density at radius 2 is 1.97 bits per heavy atom. The number of para-hydroxylation sites is 1. The molecule has 0 unspecified atom stereocenters. The number of nitrogens with one attached hydrogen (secondary N) is 1. The van der Waals surface area contributed by atoms with Crippen LogP contribution in [0.5, 0.6) is 0 Å². The van der Waals surface area contributed by atoms with E-state index in [2.05, 4.69) is 5.32 Å². The molecule has 1 aromatic carbocycles. The summed E-state index contributed by atoms with van der Waals surface area (Å²) >= 11 is 0. The zero-order chi connectivity index (χ0) is 22.3. The Hall–Kier alpha value is -2.64. The number of hydrogen-bond acceptors (Lipinski definition) is 6. The third kappa shape index (κ3) is 5.40. The van der Waals surface area contributed by atoms with Crippen LogP contribution >= 0.6 is 0 Å². The van der Waals surface area contributed by atoms with Crippen molar-refractivity contribution in [3.63, 3.8) is 0 Å². The van der Waals surface area contributed by atoms with Crippen molar-refractivity contribution in [2.45, 2.75) is 69.6 Å². The van der Waals surface area contributed by atoms with E-state index in [1.165, 1.54) is 12.7 Å². The summed E-state index contributed by atoms with van der Waals surface area (Å²) in [6.07, 6.45) is 9.64. The maximum Gasteiger partial charge on any atom is 0.286 e. The summed E-state index contributed by atoms with van der Waals surface area (Å²) in [6, 6.07) is 7.28. The second-order valence-electron chi connectivity index (χ2n) is 8.55. The van der Waals surface area contributed by atoms with Crippen molar-refractivity contribution in [2.75, 3.05) is 13.2 Å². The van der Waals surface area contributed by atoms with Gasteiger partial charge in [0.2, 0.25) is 6.29 Å². The standard InChI is InChI=1S/C25H31NO6/c27-12-6-7-13-30-23-15-17(20-16-31-21-11-5-4-10-19(21)24(20)28)14-22(32-23)25(29)26-18-8-2-1-3-9-18/h4-5,10-11,14,16-18,23,27H,1-3,6-9,12-13,15H2,(H,26,29)/t17-,23+/m1/s1. The zero-order valence-corrected chi connectivity index (χ0v) is 18.3. The monoisotopic (exact) mass is 441 g/mol. The first-order valence-corrected chi connectivity index (χ1v) is 11.6. The number of rotatable bonds is 8. The van der Waals surface area contributed by atoms with Gasteiger partial charge in [0, 0.05) is 30.6 Å². The third-order valence-corrected chi connectivity index (χ3v) is 6.18. The molecule has 2 aromatic rings. The van der Waals surface area contributed by atoms with Crippen LogP contribution in [0.2, 0.25) is 0 Å². The maximum atomic E-state index is 13.1. The average Bonchev–Trinajstić information content (AvgIpc) is 2.83. The predicted octanol–water partition coefficient (Wildman–Crippen LogP) is 3.74. The normalized spacial score (nSPS) is 21.7. The summed E-state index contributed by atoms with van der Waals surface area (Å²) in [6.45, 7) is 0.506. The molecule has 1 aliphatic heterocycles. The van der Waals surface area contributed by atoms with E-state index in [-0.39, 0.29) is 35.7 Å². The van der Waals surface area contributed by atoms with Gasteiger partial charge in [-0.25, -0.2) is 0 Å². The van der Waals surface area contributed by atoms with Crippen LogP contribution in [0.1, 0.15) is 62.8 Å². The van der Waals surface area contributed by atoms with Crippen LogP contribution in [0.15, 0.2) is 51.6 Å². The Kier molecular flexibility index (Phi) is 7.60. The first-order chi connectivity index (χ1) is 15.7. The number of carbonyl (C=O) groups is 1. The summed E-state index contributed by atoms with van der Waals surface area (Å²) in [7, 11) is 0. The Morgan fingerprint density at radius 1 is 1.16 bits per heavy atom. The summed E-state index contributed by atoms with van der Waals surface area (Å²) < 4.78 is 17.4. The lowest BCUT2D eigenvalue weighted by molar-refractivity contribution is -0.147. The molecule has 1 aliphatic carbocycles. The first-order valence-electron chi connectivity index (χ1n) is 11.6. The molecule has 7 heteroatoms. The quantitative estimate of drug-likeness (QED) is 0.606. The van der Waals surface area contributed by atoms with E-state index in [0.29, 0.717) is 42.4 Å². The number of hydrogen-bond donors (Lipinski definition) is 2. The van der Waals surface area contributed by atoms with Gasteiger partial charge < -0.3 is 24.3 Å². The molecule has 2 aliphatic rings. The first kappa shape index (κ1) is 22.6. The second-order valence-corrected chi connectivity index (χ2v) is 8.55. The molecular formula is C25H31NO6. The third-order valence-electron chi connectivity index (χ3n) is 6.18. The maximum absolute atomic E-state index is 13.1. The molecule has 2 N–H and O–H groups in total. The lowest BCUT2D eigenvalue weighted by atomic mass is 9.92. The van der Waals surface area contributed by atoms with Crippen molar-refractivity contribution in [3.8, 4) is 0 Å². The van der Waals surface area contributed by atoms with Crippen LogP contribution in [0, 0.1) is 0 Å². The van der Waals surface area contributed by atoms with Gasteiger partial charge in [0.25, 0.3) is 5.91 Å². The van der Waals surface area contributed by atoms with Crippen LogP contribution in [0.3, 0.4) is 0 Å². The van der Waals surface area contributed by atoms with E-state index < -0.39 is 6.29 Å². The fraction of sp³-hybridized carbons (Fsp3) is 0.520. The number of aliphatic hydroxyl groups excluding tert-OH is 1. The largest absolute Gasteiger partial charge is 0.464 e. The molecular weight excluding hydrogens is 410 g/mol. The molecule has 0 radical (unpaired) electrons. The number of fused-ring (bicyclic) bond motifs is 1. The molecule has 0 saturated heterocycles. The van der Waals surface area contributed by atoms with Crippen molar-refractivity contribution >= 4 is 16.9 Å². The summed E-state index contributed by atoms with van der Waals surface area (Å²) in [5.41, 5.74) is 0.907. The molecule has 172 valence electrons. The van der Waals surface area contributed by atoms with Gasteiger partial charge in [-0.05, 0) is 43.9 Å². The molecule has 0 spiro atoms. The molecule has 32 heavy (non-hydrogen) atoms. The van der Waals surface area contributed by atoms with Gasteiger partial charge in [-0.3, -0.25) is 9.59 Å². The van der Waals surface area contributed by atoms with Crippen molar-refractivity contribution < 1.29 is 23.8 Å². The Labute approximate surface area is 187 Å². The van der Waals surface area contributed by atoms with Crippen molar-refractivity contribution in [3.05, 3.63) is 58.2 Å². The van der Waals surface area contributed by atoms with E-state index in [0.717, 1.165) is 25.7 Å². The zero-order valence-electron chi connectivity index (χ0n) is 18.3. The fourth-order valence-electron chi connectivity index (χ4n) is 4.42. The summed E-state index contributed by atoms with van der Waals surface area (Å²) in [4.78, 5) is 26.1. The SMILES string of the molecule is O=C(NC1CCCCC1)C1=C[C@@H](c2coc3ccccc3c2=O)C[C@@H](OCCCCO)O1. The lowest BCUT2D eigenvalue weighted by Gasteiger charge is -2.30. The molecule has 2 atom stereocenters. The number of allylic oxidation sites excluding steroid dienone is 1. The number of amides is 1. The highest BCUT2D eigenvalue weighted by Crippen LogP contribution is 2.31. The second kappa shape index (κ2) is 10.8. The molecule has 1 amide bonds. The van der Waals surface area contributed by atoms with E-state index in [1.807, 2.05) is 6.07 Å². The minimum absolute atomic E-state index is 0.102. The number of carbonyl (C=O) groups excluding carboxylic acids is 1. The minimum Gasteiger partial charge on any atom is -0.464 e. The van der Waals surface area contributed by atoms with Gasteiger partial charge in [0.1, 0.15) is 5.58 Å². The molecule has 0 bridgehead atoms. The number of ether oxygens (including phenoxy) is 2. The molecule has 4 rings (SSSR count). The van der Waals surface area contributed by atoms with Crippen molar-refractivity contribution in [1.29, 1.82) is 0 Å². The van der Waals surface area contributed by atoms with Crippen LogP contribution in [-0.4, -0.2) is 36.6 Å². The predicted molar refractivity (Wildman–Crippen MR) is 120 cm³/mol. The van der Waals surface area contributed by atoms with E-state index in [1.54, 1.807) is 24.3 Å². The van der Waals surface area contributed by atoms with Crippen LogP contribution in [-0.2, 0) is 14.3 Å². The Morgan fingerprint density at radius 3 is 2.78 bits per heavy atom. The summed E-state index contributed by atoms with van der Waals surface area (Å²) in [5.74, 6) is -0.443.